The highest BCUT2D eigenvalue weighted by Crippen LogP contribution is 2.14. The fourth-order valence-corrected chi connectivity index (χ4v) is 2.78. The van der Waals surface area contributed by atoms with Gasteiger partial charge in [0.25, 0.3) is 11.8 Å². The van der Waals surface area contributed by atoms with E-state index in [1.54, 1.807) is 39.0 Å². The number of anilines is 1. The molecule has 1 aliphatic rings. The molecule has 0 aromatic heterocycles. The molecule has 0 saturated carbocycles. The Balaban J connectivity index is 1.86. The number of likely N-dealkylation sites (tertiary alicyclic amines) is 1. The largest absolute Gasteiger partial charge is 0.444 e. The van der Waals surface area contributed by atoms with Gasteiger partial charge in [-0.3, -0.25) is 30.6 Å². The third-order valence-corrected chi connectivity index (χ3v) is 4.09. The average molecular weight is 404 g/mol. The summed E-state index contributed by atoms with van der Waals surface area (Å²) in [6.07, 6.45) is 2.47. The van der Waals surface area contributed by atoms with E-state index in [2.05, 4.69) is 16.2 Å². The van der Waals surface area contributed by atoms with Gasteiger partial charge in [-0.05, 0) is 51.8 Å². The number of carbonyl (C=O) groups is 4. The van der Waals surface area contributed by atoms with Crippen molar-refractivity contribution in [3.05, 3.63) is 29.8 Å². The second kappa shape index (κ2) is 9.90. The van der Waals surface area contributed by atoms with Gasteiger partial charge in [-0.1, -0.05) is 12.5 Å². The third kappa shape index (κ3) is 7.81. The van der Waals surface area contributed by atoms with Crippen molar-refractivity contribution in [2.24, 2.45) is 0 Å². The van der Waals surface area contributed by atoms with E-state index in [1.807, 2.05) is 0 Å². The number of amides is 4. The van der Waals surface area contributed by atoms with Crippen LogP contribution in [0.4, 0.5) is 10.5 Å². The molecule has 0 atom stereocenters. The van der Waals surface area contributed by atoms with Crippen LogP contribution in [0.3, 0.4) is 0 Å². The van der Waals surface area contributed by atoms with E-state index < -0.39 is 23.5 Å². The number of nitrogens with one attached hydrogen (secondary N) is 3. The van der Waals surface area contributed by atoms with Gasteiger partial charge in [-0.2, -0.15) is 0 Å². The zero-order valence-electron chi connectivity index (χ0n) is 17.0. The van der Waals surface area contributed by atoms with E-state index in [-0.39, 0.29) is 18.0 Å². The lowest BCUT2D eigenvalue weighted by atomic mass is 10.2. The minimum Gasteiger partial charge on any atom is -0.444 e. The molecule has 1 aromatic carbocycles. The van der Waals surface area contributed by atoms with Gasteiger partial charge in [0.1, 0.15) is 12.1 Å². The van der Waals surface area contributed by atoms with E-state index >= 15 is 0 Å². The Hall–Kier alpha value is -3.10. The fraction of sp³-hybridized carbons (Fsp3) is 0.500. The van der Waals surface area contributed by atoms with Crippen LogP contribution in [-0.4, -0.2) is 47.4 Å². The van der Waals surface area contributed by atoms with Crippen molar-refractivity contribution in [3.63, 3.8) is 0 Å². The van der Waals surface area contributed by atoms with Gasteiger partial charge in [0.15, 0.2) is 0 Å². The van der Waals surface area contributed by atoms with Crippen molar-refractivity contribution in [1.29, 1.82) is 0 Å². The van der Waals surface area contributed by atoms with E-state index in [9.17, 15) is 19.2 Å². The standard InChI is InChI=1S/C20H28N4O5/c1-20(2,3)29-19(28)21-15-9-7-8-14(12-15)18(27)23-22-16(25)13-24-11-6-4-5-10-17(24)26/h7-9,12H,4-6,10-11,13H2,1-3H3,(H,21,28)(H,22,25)(H,23,27). The Morgan fingerprint density at radius 2 is 1.86 bits per heavy atom. The summed E-state index contributed by atoms with van der Waals surface area (Å²) in [5, 5.41) is 2.55. The number of rotatable bonds is 4. The number of hydrogen-bond donors (Lipinski definition) is 3. The normalized spacial score (nSPS) is 14.6. The molecule has 4 amide bonds. The van der Waals surface area contributed by atoms with Crippen LogP contribution in [0.5, 0.6) is 0 Å². The van der Waals surface area contributed by atoms with E-state index in [0.717, 1.165) is 19.3 Å². The second-order valence-electron chi connectivity index (χ2n) is 7.84. The molecule has 1 saturated heterocycles. The van der Waals surface area contributed by atoms with E-state index in [0.29, 0.717) is 18.7 Å². The lowest BCUT2D eigenvalue weighted by molar-refractivity contribution is -0.135. The zero-order valence-corrected chi connectivity index (χ0v) is 17.0. The summed E-state index contributed by atoms with van der Waals surface area (Å²) in [4.78, 5) is 49.6. The second-order valence-corrected chi connectivity index (χ2v) is 7.84. The molecule has 0 unspecified atom stereocenters. The molecule has 0 aliphatic carbocycles. The van der Waals surface area contributed by atoms with Crippen LogP contribution >= 0.6 is 0 Å². The lowest BCUT2D eigenvalue weighted by Gasteiger charge is -2.20. The fourth-order valence-electron chi connectivity index (χ4n) is 2.78. The van der Waals surface area contributed by atoms with Crippen molar-refractivity contribution >= 4 is 29.5 Å². The molecule has 3 N–H and O–H groups in total. The van der Waals surface area contributed by atoms with Crippen LogP contribution < -0.4 is 16.2 Å². The minimum atomic E-state index is -0.641. The number of ether oxygens (including phenoxy) is 1. The first-order chi connectivity index (χ1) is 13.6. The maximum atomic E-state index is 12.3. The van der Waals surface area contributed by atoms with Crippen LogP contribution in [0.1, 0.15) is 56.8 Å². The van der Waals surface area contributed by atoms with Gasteiger partial charge in [0.05, 0.1) is 0 Å². The van der Waals surface area contributed by atoms with Crippen molar-refractivity contribution in [2.45, 2.75) is 52.1 Å². The van der Waals surface area contributed by atoms with Crippen LogP contribution in [0.2, 0.25) is 0 Å². The van der Waals surface area contributed by atoms with Crippen molar-refractivity contribution in [3.8, 4) is 0 Å². The Labute approximate surface area is 170 Å². The molecular formula is C20H28N4O5. The van der Waals surface area contributed by atoms with Crippen molar-refractivity contribution < 1.29 is 23.9 Å². The first-order valence-corrected chi connectivity index (χ1v) is 9.61. The Kier molecular flexibility index (Phi) is 7.58. The molecule has 0 bridgehead atoms. The van der Waals surface area contributed by atoms with Gasteiger partial charge >= 0.3 is 6.09 Å². The average Bonchev–Trinajstić information content (AvgIpc) is 2.82. The number of hydrogen-bond acceptors (Lipinski definition) is 5. The van der Waals surface area contributed by atoms with Crippen LogP contribution in [0, 0.1) is 0 Å². The Bertz CT molecular complexity index is 772. The van der Waals surface area contributed by atoms with Gasteiger partial charge < -0.3 is 9.64 Å². The zero-order chi connectivity index (χ0) is 21.4. The van der Waals surface area contributed by atoms with Gasteiger partial charge in [0.2, 0.25) is 5.91 Å². The van der Waals surface area contributed by atoms with E-state index in [4.69, 9.17) is 4.74 Å². The first-order valence-electron chi connectivity index (χ1n) is 9.61. The number of nitrogens with zero attached hydrogens (tertiary/aromatic N) is 1. The Morgan fingerprint density at radius 1 is 1.10 bits per heavy atom. The van der Waals surface area contributed by atoms with Gasteiger partial charge in [0, 0.05) is 24.2 Å². The molecule has 9 nitrogen and oxygen atoms in total. The highest BCUT2D eigenvalue weighted by atomic mass is 16.6. The maximum absolute atomic E-state index is 12.3. The van der Waals surface area contributed by atoms with Crippen molar-refractivity contribution in [1.82, 2.24) is 15.8 Å². The molecule has 1 aliphatic heterocycles. The molecule has 29 heavy (non-hydrogen) atoms. The predicted octanol–water partition coefficient (Wildman–Crippen LogP) is 2.20. The first kappa shape index (κ1) is 22.2. The molecule has 1 aromatic rings. The summed E-state index contributed by atoms with van der Waals surface area (Å²) in [6.45, 7) is 5.69. The maximum Gasteiger partial charge on any atom is 0.412 e. The SMILES string of the molecule is CC(C)(C)OC(=O)Nc1cccc(C(=O)NNC(=O)CN2CCCCCC2=O)c1. The summed E-state index contributed by atoms with van der Waals surface area (Å²) in [6, 6.07) is 6.22. The summed E-state index contributed by atoms with van der Waals surface area (Å²) < 4.78 is 5.17. The Morgan fingerprint density at radius 3 is 2.59 bits per heavy atom. The topological polar surface area (TPSA) is 117 Å². The summed E-state index contributed by atoms with van der Waals surface area (Å²) in [5.41, 5.74) is 4.62. The summed E-state index contributed by atoms with van der Waals surface area (Å²) >= 11 is 0. The molecule has 0 spiro atoms. The smallest absolute Gasteiger partial charge is 0.412 e. The van der Waals surface area contributed by atoms with Crippen LogP contribution in [0.25, 0.3) is 0 Å². The quantitative estimate of drug-likeness (QED) is 0.665. The molecule has 158 valence electrons. The number of carbonyl (C=O) groups excluding carboxylic acids is 4. The van der Waals surface area contributed by atoms with Gasteiger partial charge in [-0.25, -0.2) is 4.79 Å². The van der Waals surface area contributed by atoms with Gasteiger partial charge in [-0.15, -0.1) is 0 Å². The molecule has 1 heterocycles. The van der Waals surface area contributed by atoms with Crippen molar-refractivity contribution in [2.75, 3.05) is 18.4 Å². The van der Waals surface area contributed by atoms with Crippen LogP contribution in [0.15, 0.2) is 24.3 Å². The molecule has 1 fully saturated rings. The molecule has 0 radical (unpaired) electrons. The lowest BCUT2D eigenvalue weighted by Crippen LogP contribution is -2.47. The molecule has 9 heteroatoms. The number of benzene rings is 1. The minimum absolute atomic E-state index is 0.0510. The summed E-state index contributed by atoms with van der Waals surface area (Å²) in [5.74, 6) is -1.07. The third-order valence-electron chi connectivity index (χ3n) is 4.09. The van der Waals surface area contributed by atoms with E-state index in [1.165, 1.54) is 11.0 Å². The molecule has 2 rings (SSSR count). The molecular weight excluding hydrogens is 376 g/mol. The highest BCUT2D eigenvalue weighted by Gasteiger charge is 2.20. The highest BCUT2D eigenvalue weighted by molar-refractivity contribution is 5.97. The number of hydrazine groups is 1. The summed E-state index contributed by atoms with van der Waals surface area (Å²) in [7, 11) is 0. The van der Waals surface area contributed by atoms with Crippen LogP contribution in [-0.2, 0) is 14.3 Å². The predicted molar refractivity (Wildman–Crippen MR) is 107 cm³/mol. The monoisotopic (exact) mass is 404 g/mol.